The van der Waals surface area contributed by atoms with Crippen molar-refractivity contribution in [3.05, 3.63) is 108 Å². The van der Waals surface area contributed by atoms with Crippen molar-refractivity contribution in [1.82, 2.24) is 4.98 Å². The number of ether oxygens (including phenoxy) is 3. The molecule has 176 valence electrons. The Hall–Kier alpha value is -4.44. The Morgan fingerprint density at radius 2 is 1.40 bits per heavy atom. The van der Waals surface area contributed by atoms with Crippen molar-refractivity contribution in [3.8, 4) is 41.0 Å². The molecule has 35 heavy (non-hydrogen) atoms. The van der Waals surface area contributed by atoms with Crippen LogP contribution < -0.4 is 14.2 Å². The van der Waals surface area contributed by atoms with E-state index in [1.807, 2.05) is 60.7 Å². The lowest BCUT2D eigenvalue weighted by Crippen LogP contribution is -2.17. The summed E-state index contributed by atoms with van der Waals surface area (Å²) in [6, 6.07) is 26.6. The maximum absolute atomic E-state index is 12.7. The number of hydrogen-bond donors (Lipinski definition) is 0. The van der Waals surface area contributed by atoms with Crippen LogP contribution in [0.4, 0.5) is 13.2 Å². The molecule has 0 bridgehead atoms. The third-order valence-electron chi connectivity index (χ3n) is 4.95. The fourth-order valence-corrected chi connectivity index (χ4v) is 3.32. The van der Waals surface area contributed by atoms with Crippen molar-refractivity contribution < 1.29 is 27.4 Å². The van der Waals surface area contributed by atoms with Crippen LogP contribution in [0.3, 0.4) is 0 Å². The van der Waals surface area contributed by atoms with E-state index in [0.29, 0.717) is 23.6 Å². The van der Waals surface area contributed by atoms with Gasteiger partial charge in [0.05, 0.1) is 5.56 Å². The normalized spacial score (nSPS) is 10.9. The maximum Gasteiger partial charge on any atom is 0.573 e. The summed E-state index contributed by atoms with van der Waals surface area (Å²) in [5.41, 5.74) is 2.93. The molecule has 0 aliphatic rings. The van der Waals surface area contributed by atoms with Gasteiger partial charge in [-0.2, -0.15) is 4.98 Å². The number of alkyl halides is 3. The van der Waals surface area contributed by atoms with E-state index < -0.39 is 12.1 Å². The van der Waals surface area contributed by atoms with Crippen molar-refractivity contribution in [2.24, 2.45) is 0 Å². The molecule has 0 aliphatic carbocycles. The Balaban J connectivity index is 1.64. The first kappa shape index (κ1) is 23.7. The molecule has 4 aromatic rings. The predicted octanol–water partition coefficient (Wildman–Crippen LogP) is 6.79. The average Bonchev–Trinajstić information content (AvgIpc) is 2.87. The second kappa shape index (κ2) is 10.7. The minimum atomic E-state index is -4.85. The summed E-state index contributed by atoms with van der Waals surface area (Å²) in [6.45, 7) is 0.552. The van der Waals surface area contributed by atoms with E-state index in [9.17, 15) is 13.2 Å². The van der Waals surface area contributed by atoms with Crippen LogP contribution in [0, 0.1) is 12.3 Å². The van der Waals surface area contributed by atoms with E-state index >= 15 is 0 Å². The number of halogens is 3. The van der Waals surface area contributed by atoms with Gasteiger partial charge in [-0.25, -0.2) is 0 Å². The fraction of sp³-hybridized carbons (Fsp3) is 0.107. The van der Waals surface area contributed by atoms with Gasteiger partial charge in [0.25, 0.3) is 0 Å². The molecule has 0 saturated heterocycles. The highest BCUT2D eigenvalue weighted by atomic mass is 19.4. The molecule has 0 radical (unpaired) electrons. The first-order valence-corrected chi connectivity index (χ1v) is 10.6. The summed E-state index contributed by atoms with van der Waals surface area (Å²) in [5, 5.41) is 0. The van der Waals surface area contributed by atoms with Gasteiger partial charge in [0.1, 0.15) is 19.0 Å². The second-order valence-corrected chi connectivity index (χ2v) is 7.45. The number of benzene rings is 3. The zero-order valence-electron chi connectivity index (χ0n) is 18.5. The van der Waals surface area contributed by atoms with Gasteiger partial charge in [-0.1, -0.05) is 72.7 Å². The van der Waals surface area contributed by atoms with Gasteiger partial charge in [-0.05, 0) is 34.9 Å². The lowest BCUT2D eigenvalue weighted by atomic mass is 10.0. The first-order valence-electron chi connectivity index (χ1n) is 10.6. The van der Waals surface area contributed by atoms with E-state index in [0.717, 1.165) is 11.1 Å². The highest BCUT2D eigenvalue weighted by molar-refractivity contribution is 5.72. The standard InChI is InChI=1S/C28H20F3NO3/c1-2-22-17-23(13-15-25(22)35-28(29,30)31)24-14-16-26(33-18-20-9-5-3-6-10-20)32-27(24)34-19-21-11-7-4-8-12-21/h1,3-17H,18-19H2. The fourth-order valence-electron chi connectivity index (χ4n) is 3.32. The number of nitrogens with zero attached hydrogens (tertiary/aromatic N) is 1. The molecule has 0 spiro atoms. The van der Waals surface area contributed by atoms with Crippen LogP contribution in [0.15, 0.2) is 91.0 Å². The lowest BCUT2D eigenvalue weighted by Gasteiger charge is -2.15. The molecule has 0 aliphatic heterocycles. The quantitative estimate of drug-likeness (QED) is 0.263. The van der Waals surface area contributed by atoms with Crippen molar-refractivity contribution >= 4 is 0 Å². The smallest absolute Gasteiger partial charge is 0.473 e. The summed E-state index contributed by atoms with van der Waals surface area (Å²) in [4.78, 5) is 4.51. The highest BCUT2D eigenvalue weighted by Crippen LogP contribution is 2.35. The van der Waals surface area contributed by atoms with Crippen molar-refractivity contribution in [1.29, 1.82) is 0 Å². The van der Waals surface area contributed by atoms with Crippen LogP contribution in [0.2, 0.25) is 0 Å². The summed E-state index contributed by atoms with van der Waals surface area (Å²) in [7, 11) is 0. The minimum absolute atomic E-state index is 0.0433. The predicted molar refractivity (Wildman–Crippen MR) is 126 cm³/mol. The SMILES string of the molecule is C#Cc1cc(-c2ccc(OCc3ccccc3)nc2OCc2ccccc2)ccc1OC(F)(F)F. The van der Waals surface area contributed by atoms with Crippen LogP contribution in [0.25, 0.3) is 11.1 Å². The van der Waals surface area contributed by atoms with Crippen molar-refractivity contribution in [2.75, 3.05) is 0 Å². The average molecular weight is 475 g/mol. The zero-order valence-corrected chi connectivity index (χ0v) is 18.5. The molecule has 1 heterocycles. The Bertz CT molecular complexity index is 1320. The zero-order chi connectivity index (χ0) is 24.7. The molecule has 7 heteroatoms. The van der Waals surface area contributed by atoms with E-state index in [4.69, 9.17) is 15.9 Å². The summed E-state index contributed by atoms with van der Waals surface area (Å²) in [6.07, 6.45) is 0.593. The number of aromatic nitrogens is 1. The highest BCUT2D eigenvalue weighted by Gasteiger charge is 2.32. The largest absolute Gasteiger partial charge is 0.573 e. The van der Waals surface area contributed by atoms with Crippen LogP contribution in [0.5, 0.6) is 17.5 Å². The number of hydrogen-bond acceptors (Lipinski definition) is 4. The molecule has 4 rings (SSSR count). The number of terminal acetylenes is 1. The topological polar surface area (TPSA) is 40.6 Å². The Labute approximate surface area is 200 Å². The molecule has 0 amide bonds. The lowest BCUT2D eigenvalue weighted by molar-refractivity contribution is -0.274. The van der Waals surface area contributed by atoms with Gasteiger partial charge < -0.3 is 14.2 Å². The molecule has 0 saturated carbocycles. The summed E-state index contributed by atoms with van der Waals surface area (Å²) < 4.78 is 54.0. The van der Waals surface area contributed by atoms with Gasteiger partial charge in [0, 0.05) is 11.6 Å². The molecule has 1 aromatic heterocycles. The first-order chi connectivity index (χ1) is 16.9. The summed E-state index contributed by atoms with van der Waals surface area (Å²) in [5.74, 6) is 2.39. The van der Waals surface area contributed by atoms with Gasteiger partial charge in [-0.15, -0.1) is 19.6 Å². The van der Waals surface area contributed by atoms with Gasteiger partial charge in [-0.3, -0.25) is 0 Å². The minimum Gasteiger partial charge on any atom is -0.473 e. The third kappa shape index (κ3) is 6.55. The molecule has 3 aromatic carbocycles. The molecule has 0 unspecified atom stereocenters. The molecule has 0 N–H and O–H groups in total. The number of rotatable bonds is 8. The second-order valence-electron chi connectivity index (χ2n) is 7.45. The van der Waals surface area contributed by atoms with Crippen molar-refractivity contribution in [3.63, 3.8) is 0 Å². The Morgan fingerprint density at radius 3 is 2.00 bits per heavy atom. The number of pyridine rings is 1. The van der Waals surface area contributed by atoms with Crippen LogP contribution in [-0.4, -0.2) is 11.3 Å². The molecular formula is C28H20F3NO3. The van der Waals surface area contributed by atoms with E-state index in [2.05, 4.69) is 15.6 Å². The van der Waals surface area contributed by atoms with Crippen molar-refractivity contribution in [2.45, 2.75) is 19.6 Å². The van der Waals surface area contributed by atoms with Crippen LogP contribution in [-0.2, 0) is 13.2 Å². The molecule has 0 atom stereocenters. The van der Waals surface area contributed by atoms with E-state index in [-0.39, 0.29) is 18.1 Å². The van der Waals surface area contributed by atoms with E-state index in [1.165, 1.54) is 18.2 Å². The monoisotopic (exact) mass is 475 g/mol. The molecule has 0 fully saturated rings. The Kier molecular flexibility index (Phi) is 7.22. The van der Waals surface area contributed by atoms with Crippen LogP contribution in [0.1, 0.15) is 16.7 Å². The van der Waals surface area contributed by atoms with Gasteiger partial charge in [0.2, 0.25) is 11.8 Å². The maximum atomic E-state index is 12.7. The van der Waals surface area contributed by atoms with E-state index in [1.54, 1.807) is 12.1 Å². The molecule has 4 nitrogen and oxygen atoms in total. The summed E-state index contributed by atoms with van der Waals surface area (Å²) >= 11 is 0. The third-order valence-corrected chi connectivity index (χ3v) is 4.95. The molecular weight excluding hydrogens is 455 g/mol. The Morgan fingerprint density at radius 1 is 0.771 bits per heavy atom. The van der Waals surface area contributed by atoms with Crippen LogP contribution >= 0.6 is 0 Å². The van der Waals surface area contributed by atoms with Gasteiger partial charge in [0.15, 0.2) is 0 Å². The van der Waals surface area contributed by atoms with Gasteiger partial charge >= 0.3 is 6.36 Å².